The Morgan fingerprint density at radius 2 is 1.35 bits per heavy atom. The normalized spacial score (nSPS) is 11.4. The van der Waals surface area contributed by atoms with E-state index in [0.29, 0.717) is 0 Å². The zero-order chi connectivity index (χ0) is 16.7. The summed E-state index contributed by atoms with van der Waals surface area (Å²) in [6.07, 6.45) is 2.78. The van der Waals surface area contributed by atoms with Gasteiger partial charge >= 0.3 is 0 Å². The number of hydrogen-bond donors (Lipinski definition) is 1. The van der Waals surface area contributed by atoms with Gasteiger partial charge in [0.1, 0.15) is 23.3 Å². The summed E-state index contributed by atoms with van der Waals surface area (Å²) in [5.74, 6) is -1.67. The Morgan fingerprint density at radius 1 is 0.913 bits per heavy atom. The van der Waals surface area contributed by atoms with E-state index in [9.17, 15) is 9.59 Å². The summed E-state index contributed by atoms with van der Waals surface area (Å²) in [6, 6.07) is 10.6. The molecule has 0 bridgehead atoms. The summed E-state index contributed by atoms with van der Waals surface area (Å²) < 4.78 is 0. The number of hydrogen-bond acceptors (Lipinski definition) is 6. The lowest BCUT2D eigenvalue weighted by Crippen LogP contribution is -2.32. The van der Waals surface area contributed by atoms with Gasteiger partial charge in [-0.25, -0.2) is 0 Å². The summed E-state index contributed by atoms with van der Waals surface area (Å²) in [6.45, 7) is 0. The van der Waals surface area contributed by atoms with Gasteiger partial charge in [-0.05, 0) is 35.0 Å². The summed E-state index contributed by atoms with van der Waals surface area (Å²) in [7, 11) is 0. The van der Waals surface area contributed by atoms with Crippen molar-refractivity contribution >= 4 is 46.6 Å². The van der Waals surface area contributed by atoms with Crippen LogP contribution >= 0.6 is 22.7 Å². The first-order valence-corrected chi connectivity index (χ1v) is 8.06. The van der Waals surface area contributed by atoms with Gasteiger partial charge in [-0.2, -0.15) is 10.5 Å². The Bertz CT molecular complexity index is 776. The molecular weight excluding hydrogens is 330 g/mol. The SMILES string of the molecule is N#C/C(=C\c1cccs1)C(=O)NC(=O)/C(C#N)=C/c1cccs1. The van der Waals surface area contributed by atoms with Gasteiger partial charge in [0.15, 0.2) is 0 Å². The maximum atomic E-state index is 12.0. The molecule has 2 heterocycles. The summed E-state index contributed by atoms with van der Waals surface area (Å²) in [5, 5.41) is 23.8. The van der Waals surface area contributed by atoms with Gasteiger partial charge in [-0.1, -0.05) is 12.1 Å². The van der Waals surface area contributed by atoms with E-state index in [1.54, 1.807) is 47.2 Å². The number of thiophene rings is 2. The lowest BCUT2D eigenvalue weighted by Gasteiger charge is -2.01. The zero-order valence-electron chi connectivity index (χ0n) is 11.6. The molecule has 5 nitrogen and oxygen atoms in total. The standard InChI is InChI=1S/C16H9N3O2S2/c17-9-11(7-13-3-1-5-22-13)15(20)19-16(21)12(10-18)8-14-4-2-6-23-14/h1-8H,(H,19,20,21)/b11-7+,12-8+. The average molecular weight is 339 g/mol. The van der Waals surface area contributed by atoms with Crippen LogP contribution in [0.2, 0.25) is 0 Å². The molecule has 0 aliphatic rings. The van der Waals surface area contributed by atoms with E-state index in [1.807, 2.05) is 0 Å². The summed E-state index contributed by atoms with van der Waals surface area (Å²) in [4.78, 5) is 25.4. The number of nitrogens with one attached hydrogen (secondary N) is 1. The largest absolute Gasteiger partial charge is 0.287 e. The number of imide groups is 1. The van der Waals surface area contributed by atoms with Crippen molar-refractivity contribution in [2.24, 2.45) is 0 Å². The molecule has 1 N–H and O–H groups in total. The Hall–Kier alpha value is -3.00. The van der Waals surface area contributed by atoms with Gasteiger partial charge in [0.25, 0.3) is 11.8 Å². The molecule has 0 aliphatic carbocycles. The van der Waals surface area contributed by atoms with E-state index >= 15 is 0 Å². The van der Waals surface area contributed by atoms with Gasteiger partial charge in [0.2, 0.25) is 0 Å². The fourth-order valence-corrected chi connectivity index (χ4v) is 2.88. The molecule has 0 atom stereocenters. The molecule has 2 rings (SSSR count). The second-order valence-corrected chi connectivity index (χ2v) is 6.11. The van der Waals surface area contributed by atoms with E-state index in [2.05, 4.69) is 5.32 Å². The van der Waals surface area contributed by atoms with Crippen molar-refractivity contribution in [1.29, 1.82) is 10.5 Å². The molecule has 112 valence electrons. The van der Waals surface area contributed by atoms with Gasteiger partial charge in [-0.15, -0.1) is 22.7 Å². The fraction of sp³-hybridized carbons (Fsp3) is 0. The number of carbonyl (C=O) groups excluding carboxylic acids is 2. The van der Waals surface area contributed by atoms with Gasteiger partial charge in [0.05, 0.1) is 0 Å². The first-order chi connectivity index (χ1) is 11.1. The number of rotatable bonds is 4. The highest BCUT2D eigenvalue weighted by Crippen LogP contribution is 2.15. The van der Waals surface area contributed by atoms with Crippen molar-refractivity contribution in [2.75, 3.05) is 0 Å². The minimum Gasteiger partial charge on any atom is -0.287 e. The van der Waals surface area contributed by atoms with Gasteiger partial charge < -0.3 is 0 Å². The van der Waals surface area contributed by atoms with Crippen LogP contribution in [0.25, 0.3) is 12.2 Å². The molecule has 2 aromatic heterocycles. The first kappa shape index (κ1) is 16.4. The van der Waals surface area contributed by atoms with Crippen molar-refractivity contribution in [3.05, 3.63) is 55.9 Å². The molecule has 0 saturated carbocycles. The number of amides is 2. The predicted octanol–water partition coefficient (Wildman–Crippen LogP) is 2.97. The molecule has 0 radical (unpaired) electrons. The third-order valence-electron chi connectivity index (χ3n) is 2.62. The van der Waals surface area contributed by atoms with Crippen LogP contribution in [0.4, 0.5) is 0 Å². The molecule has 2 aromatic rings. The van der Waals surface area contributed by atoms with E-state index in [0.717, 1.165) is 9.75 Å². The summed E-state index contributed by atoms with van der Waals surface area (Å²) >= 11 is 2.72. The fourth-order valence-electron chi connectivity index (χ4n) is 1.57. The monoisotopic (exact) mass is 339 g/mol. The van der Waals surface area contributed by atoms with Crippen LogP contribution < -0.4 is 5.32 Å². The van der Waals surface area contributed by atoms with Crippen molar-refractivity contribution in [3.63, 3.8) is 0 Å². The van der Waals surface area contributed by atoms with Gasteiger partial charge in [-0.3, -0.25) is 14.9 Å². The number of nitrogens with zero attached hydrogens (tertiary/aromatic N) is 2. The third-order valence-corrected chi connectivity index (χ3v) is 4.26. The van der Waals surface area contributed by atoms with E-state index < -0.39 is 11.8 Å². The predicted molar refractivity (Wildman–Crippen MR) is 89.0 cm³/mol. The lowest BCUT2D eigenvalue weighted by atomic mass is 10.2. The minimum atomic E-state index is -0.835. The summed E-state index contributed by atoms with van der Waals surface area (Å²) in [5.41, 5.74) is -0.400. The Morgan fingerprint density at radius 3 is 1.65 bits per heavy atom. The maximum Gasteiger partial charge on any atom is 0.268 e. The van der Waals surface area contributed by atoms with Crippen LogP contribution in [0.3, 0.4) is 0 Å². The van der Waals surface area contributed by atoms with Crippen LogP contribution in [0.5, 0.6) is 0 Å². The van der Waals surface area contributed by atoms with E-state index in [-0.39, 0.29) is 11.1 Å². The molecule has 0 aliphatic heterocycles. The zero-order valence-corrected chi connectivity index (χ0v) is 13.3. The molecule has 0 saturated heterocycles. The molecule has 0 fully saturated rings. The highest BCUT2D eigenvalue weighted by molar-refractivity contribution is 7.11. The van der Waals surface area contributed by atoms with Crippen molar-refractivity contribution in [1.82, 2.24) is 5.32 Å². The molecule has 2 amide bonds. The van der Waals surface area contributed by atoms with Crippen molar-refractivity contribution < 1.29 is 9.59 Å². The smallest absolute Gasteiger partial charge is 0.268 e. The molecule has 0 unspecified atom stereocenters. The van der Waals surface area contributed by atoms with Crippen LogP contribution in [0, 0.1) is 22.7 Å². The second-order valence-electron chi connectivity index (χ2n) is 4.15. The first-order valence-electron chi connectivity index (χ1n) is 6.30. The van der Waals surface area contributed by atoms with Crippen LogP contribution in [-0.2, 0) is 9.59 Å². The molecular formula is C16H9N3O2S2. The third kappa shape index (κ3) is 4.48. The Kier molecular flexibility index (Phi) is 5.59. The number of nitriles is 2. The quantitative estimate of drug-likeness (QED) is 0.684. The Labute approximate surface area is 140 Å². The van der Waals surface area contributed by atoms with Crippen LogP contribution in [0.15, 0.2) is 46.2 Å². The highest BCUT2D eigenvalue weighted by atomic mass is 32.1. The Balaban J connectivity index is 2.14. The molecule has 23 heavy (non-hydrogen) atoms. The molecule has 0 aromatic carbocycles. The number of carbonyl (C=O) groups is 2. The highest BCUT2D eigenvalue weighted by Gasteiger charge is 2.16. The lowest BCUT2D eigenvalue weighted by molar-refractivity contribution is -0.125. The minimum absolute atomic E-state index is 0.200. The van der Waals surface area contributed by atoms with Crippen molar-refractivity contribution in [3.8, 4) is 12.1 Å². The van der Waals surface area contributed by atoms with E-state index in [1.165, 1.54) is 34.8 Å². The molecule has 7 heteroatoms. The molecule has 0 spiro atoms. The average Bonchev–Trinajstić information content (AvgIpc) is 3.23. The van der Waals surface area contributed by atoms with Crippen LogP contribution in [0.1, 0.15) is 9.75 Å². The maximum absolute atomic E-state index is 12.0. The topological polar surface area (TPSA) is 93.8 Å². The van der Waals surface area contributed by atoms with Crippen LogP contribution in [-0.4, -0.2) is 11.8 Å². The van der Waals surface area contributed by atoms with Crippen molar-refractivity contribution in [2.45, 2.75) is 0 Å². The van der Waals surface area contributed by atoms with E-state index in [4.69, 9.17) is 10.5 Å². The van der Waals surface area contributed by atoms with Gasteiger partial charge in [0, 0.05) is 9.75 Å². The second kappa shape index (κ2) is 7.85.